The Hall–Kier alpha value is -2.82. The van der Waals surface area contributed by atoms with Gasteiger partial charge in [0.25, 0.3) is 0 Å². The lowest BCUT2D eigenvalue weighted by atomic mass is 10.1. The lowest BCUT2D eigenvalue weighted by molar-refractivity contribution is -0.123. The molecule has 0 heterocycles. The standard InChI is InChI=1S/C22H28N2O3/c1-17(2)27-21-14-8-7-13-20(21)24(18(3)25)16-22(26)23-15-9-12-19-10-5-4-6-11-19/h4-8,10-11,13-14,17H,9,12,15-16H2,1-3H3,(H,23,26). The highest BCUT2D eigenvalue weighted by Gasteiger charge is 2.19. The Labute approximate surface area is 161 Å². The molecule has 0 aromatic heterocycles. The molecule has 0 aliphatic heterocycles. The first-order valence-corrected chi connectivity index (χ1v) is 9.31. The van der Waals surface area contributed by atoms with Crippen molar-refractivity contribution in [3.05, 3.63) is 60.2 Å². The highest BCUT2D eigenvalue weighted by atomic mass is 16.5. The van der Waals surface area contributed by atoms with Crippen molar-refractivity contribution in [3.63, 3.8) is 0 Å². The average Bonchev–Trinajstić information content (AvgIpc) is 2.64. The zero-order valence-electron chi connectivity index (χ0n) is 16.3. The van der Waals surface area contributed by atoms with Crippen LogP contribution in [0.15, 0.2) is 54.6 Å². The number of para-hydroxylation sites is 2. The third-order valence-electron chi connectivity index (χ3n) is 4.01. The predicted octanol–water partition coefficient (Wildman–Crippen LogP) is 3.58. The van der Waals surface area contributed by atoms with Gasteiger partial charge in [-0.15, -0.1) is 0 Å². The van der Waals surface area contributed by atoms with Crippen LogP contribution in [0.1, 0.15) is 32.8 Å². The molecule has 2 aromatic rings. The van der Waals surface area contributed by atoms with E-state index in [2.05, 4.69) is 17.4 Å². The molecule has 0 radical (unpaired) electrons. The number of hydrogen-bond acceptors (Lipinski definition) is 3. The predicted molar refractivity (Wildman–Crippen MR) is 108 cm³/mol. The largest absolute Gasteiger partial charge is 0.489 e. The Kier molecular flexibility index (Phi) is 7.86. The second kappa shape index (κ2) is 10.4. The molecule has 0 aliphatic carbocycles. The third kappa shape index (κ3) is 6.77. The van der Waals surface area contributed by atoms with Crippen LogP contribution in [0, 0.1) is 0 Å². The van der Waals surface area contributed by atoms with Crippen LogP contribution in [0.4, 0.5) is 5.69 Å². The number of benzene rings is 2. The normalized spacial score (nSPS) is 10.5. The van der Waals surface area contributed by atoms with Crippen molar-refractivity contribution in [3.8, 4) is 5.75 Å². The van der Waals surface area contributed by atoms with Gasteiger partial charge in [0.2, 0.25) is 11.8 Å². The first kappa shape index (κ1) is 20.5. The number of nitrogens with zero attached hydrogens (tertiary/aromatic N) is 1. The first-order chi connectivity index (χ1) is 13.0. The van der Waals surface area contributed by atoms with Gasteiger partial charge in [-0.1, -0.05) is 42.5 Å². The van der Waals surface area contributed by atoms with Gasteiger partial charge in [0.05, 0.1) is 11.8 Å². The SMILES string of the molecule is CC(=O)N(CC(=O)NCCCc1ccccc1)c1ccccc1OC(C)C. The minimum atomic E-state index is -0.200. The Morgan fingerprint density at radius 2 is 1.70 bits per heavy atom. The van der Waals surface area contributed by atoms with Crippen molar-refractivity contribution >= 4 is 17.5 Å². The van der Waals surface area contributed by atoms with Crippen molar-refractivity contribution in [2.45, 2.75) is 39.7 Å². The van der Waals surface area contributed by atoms with Crippen LogP contribution in [0.3, 0.4) is 0 Å². The molecule has 0 saturated heterocycles. The molecule has 2 amide bonds. The number of ether oxygens (including phenoxy) is 1. The van der Waals surface area contributed by atoms with Crippen LogP contribution in [-0.2, 0) is 16.0 Å². The summed E-state index contributed by atoms with van der Waals surface area (Å²) in [4.78, 5) is 25.9. The summed E-state index contributed by atoms with van der Waals surface area (Å²) in [6.45, 7) is 5.85. The highest BCUT2D eigenvalue weighted by molar-refractivity contribution is 5.98. The number of amides is 2. The molecular formula is C22H28N2O3. The summed E-state index contributed by atoms with van der Waals surface area (Å²) in [6.07, 6.45) is 1.73. The van der Waals surface area contributed by atoms with E-state index in [4.69, 9.17) is 4.74 Å². The lowest BCUT2D eigenvalue weighted by Crippen LogP contribution is -2.40. The van der Waals surface area contributed by atoms with Gasteiger partial charge >= 0.3 is 0 Å². The fourth-order valence-electron chi connectivity index (χ4n) is 2.76. The number of anilines is 1. The van der Waals surface area contributed by atoms with Crippen LogP contribution in [0.5, 0.6) is 5.75 Å². The molecule has 0 saturated carbocycles. The van der Waals surface area contributed by atoms with Gasteiger partial charge in [0.1, 0.15) is 12.3 Å². The molecule has 5 heteroatoms. The van der Waals surface area contributed by atoms with Crippen LogP contribution in [0.2, 0.25) is 0 Å². The monoisotopic (exact) mass is 368 g/mol. The number of carbonyl (C=O) groups excluding carboxylic acids is 2. The summed E-state index contributed by atoms with van der Waals surface area (Å²) < 4.78 is 5.78. The maximum Gasteiger partial charge on any atom is 0.240 e. The van der Waals surface area contributed by atoms with Gasteiger partial charge in [0, 0.05) is 13.5 Å². The number of carbonyl (C=O) groups is 2. The van der Waals surface area contributed by atoms with Crippen LogP contribution >= 0.6 is 0 Å². The first-order valence-electron chi connectivity index (χ1n) is 9.31. The van der Waals surface area contributed by atoms with Crippen molar-refractivity contribution in [2.24, 2.45) is 0 Å². The van der Waals surface area contributed by atoms with Gasteiger partial charge in [-0.05, 0) is 44.4 Å². The van der Waals surface area contributed by atoms with Crippen LogP contribution in [-0.4, -0.2) is 31.0 Å². The maximum atomic E-state index is 12.3. The zero-order chi connectivity index (χ0) is 19.6. The van der Waals surface area contributed by atoms with E-state index in [1.165, 1.54) is 17.4 Å². The van der Waals surface area contributed by atoms with Crippen molar-refractivity contribution in [1.29, 1.82) is 0 Å². The summed E-state index contributed by atoms with van der Waals surface area (Å²) in [5.74, 6) is 0.214. The number of hydrogen-bond donors (Lipinski definition) is 1. The summed E-state index contributed by atoms with van der Waals surface area (Å²) in [5.41, 5.74) is 1.86. The van der Waals surface area contributed by atoms with E-state index >= 15 is 0 Å². The molecule has 0 atom stereocenters. The summed E-state index contributed by atoms with van der Waals surface area (Å²) >= 11 is 0. The molecule has 0 spiro atoms. The lowest BCUT2D eigenvalue weighted by Gasteiger charge is -2.24. The van der Waals surface area contributed by atoms with Gasteiger partial charge in [0.15, 0.2) is 0 Å². The fraction of sp³-hybridized carbons (Fsp3) is 0.364. The topological polar surface area (TPSA) is 58.6 Å². The van der Waals surface area contributed by atoms with Crippen molar-refractivity contribution < 1.29 is 14.3 Å². The molecule has 144 valence electrons. The number of nitrogens with one attached hydrogen (secondary N) is 1. The van der Waals surface area contributed by atoms with Crippen LogP contribution < -0.4 is 15.0 Å². The van der Waals surface area contributed by atoms with Crippen LogP contribution in [0.25, 0.3) is 0 Å². The molecule has 5 nitrogen and oxygen atoms in total. The van der Waals surface area contributed by atoms with Crippen molar-refractivity contribution in [1.82, 2.24) is 5.32 Å². The minimum absolute atomic E-state index is 0.0215. The summed E-state index contributed by atoms with van der Waals surface area (Å²) in [6, 6.07) is 17.4. The molecule has 0 fully saturated rings. The molecule has 0 bridgehead atoms. The van der Waals surface area contributed by atoms with E-state index in [1.807, 2.05) is 50.2 Å². The van der Waals surface area contributed by atoms with Crippen molar-refractivity contribution in [2.75, 3.05) is 18.0 Å². The van der Waals surface area contributed by atoms with Gasteiger partial charge < -0.3 is 10.1 Å². The number of rotatable bonds is 9. The van der Waals surface area contributed by atoms with E-state index in [0.29, 0.717) is 18.0 Å². The van der Waals surface area contributed by atoms with E-state index < -0.39 is 0 Å². The average molecular weight is 368 g/mol. The van der Waals surface area contributed by atoms with E-state index in [9.17, 15) is 9.59 Å². The molecule has 2 rings (SSSR count). The minimum Gasteiger partial charge on any atom is -0.489 e. The third-order valence-corrected chi connectivity index (χ3v) is 4.01. The molecular weight excluding hydrogens is 340 g/mol. The Morgan fingerprint density at radius 1 is 1.04 bits per heavy atom. The smallest absolute Gasteiger partial charge is 0.240 e. The second-order valence-electron chi connectivity index (χ2n) is 6.68. The van der Waals surface area contributed by atoms with Gasteiger partial charge in [-0.25, -0.2) is 0 Å². The summed E-state index contributed by atoms with van der Waals surface area (Å²) in [7, 11) is 0. The van der Waals surface area contributed by atoms with E-state index in [1.54, 1.807) is 6.07 Å². The van der Waals surface area contributed by atoms with Gasteiger partial charge in [-0.2, -0.15) is 0 Å². The number of aryl methyl sites for hydroxylation is 1. The van der Waals surface area contributed by atoms with Gasteiger partial charge in [-0.3, -0.25) is 14.5 Å². The maximum absolute atomic E-state index is 12.3. The highest BCUT2D eigenvalue weighted by Crippen LogP contribution is 2.28. The quantitative estimate of drug-likeness (QED) is 0.688. The van der Waals surface area contributed by atoms with E-state index in [0.717, 1.165) is 12.8 Å². The van der Waals surface area contributed by atoms with E-state index in [-0.39, 0.29) is 24.5 Å². The second-order valence-corrected chi connectivity index (χ2v) is 6.68. The molecule has 27 heavy (non-hydrogen) atoms. The Bertz CT molecular complexity index is 744. The molecule has 2 aromatic carbocycles. The molecule has 0 aliphatic rings. The Balaban J connectivity index is 1.92. The molecule has 0 unspecified atom stereocenters. The summed E-state index contributed by atoms with van der Waals surface area (Å²) in [5, 5.41) is 2.89. The fourth-order valence-corrected chi connectivity index (χ4v) is 2.76. The molecule has 1 N–H and O–H groups in total. The zero-order valence-corrected chi connectivity index (χ0v) is 16.3. The Morgan fingerprint density at radius 3 is 2.37 bits per heavy atom.